The van der Waals surface area contributed by atoms with Crippen LogP contribution in [0.15, 0.2) is 6.07 Å². The minimum absolute atomic E-state index is 0.177. The second kappa shape index (κ2) is 4.42. The summed E-state index contributed by atoms with van der Waals surface area (Å²) >= 11 is 14.0. The van der Waals surface area contributed by atoms with Gasteiger partial charge < -0.3 is 0 Å². The first-order valence-electron chi connectivity index (χ1n) is 5.06. The van der Waals surface area contributed by atoms with Crippen molar-refractivity contribution in [1.82, 2.24) is 0 Å². The largest absolute Gasteiger partial charge is 0.127 e. The number of aryl methyl sites for hydroxylation is 1. The van der Waals surface area contributed by atoms with Crippen molar-refractivity contribution >= 4 is 34.5 Å². The van der Waals surface area contributed by atoms with E-state index in [-0.39, 0.29) is 5.38 Å². The molecule has 1 aliphatic rings. The Bertz CT molecular complexity index is 296. The van der Waals surface area contributed by atoms with Gasteiger partial charge in [-0.15, -0.1) is 22.9 Å². The molecule has 1 saturated carbocycles. The Kier molecular flexibility index (Phi) is 3.41. The van der Waals surface area contributed by atoms with Gasteiger partial charge in [0.2, 0.25) is 0 Å². The van der Waals surface area contributed by atoms with Gasteiger partial charge in [-0.2, -0.15) is 0 Å². The maximum atomic E-state index is 6.35. The monoisotopic (exact) mass is 248 g/mol. The Labute approximate surface area is 99.2 Å². The minimum Gasteiger partial charge on any atom is -0.127 e. The molecule has 78 valence electrons. The van der Waals surface area contributed by atoms with Gasteiger partial charge in [0.1, 0.15) is 0 Å². The summed E-state index contributed by atoms with van der Waals surface area (Å²) in [5.41, 5.74) is 1.16. The van der Waals surface area contributed by atoms with Crippen molar-refractivity contribution in [2.24, 2.45) is 5.92 Å². The Morgan fingerprint density at radius 3 is 2.71 bits per heavy atom. The molecule has 14 heavy (non-hydrogen) atoms. The lowest BCUT2D eigenvalue weighted by Gasteiger charge is -2.26. The van der Waals surface area contributed by atoms with Gasteiger partial charge in [-0.25, -0.2) is 0 Å². The van der Waals surface area contributed by atoms with Crippen LogP contribution in [0.4, 0.5) is 0 Å². The summed E-state index contributed by atoms with van der Waals surface area (Å²) in [7, 11) is 0. The van der Waals surface area contributed by atoms with Crippen molar-refractivity contribution in [2.45, 2.75) is 38.0 Å². The van der Waals surface area contributed by atoms with Crippen molar-refractivity contribution in [3.63, 3.8) is 0 Å². The zero-order chi connectivity index (χ0) is 10.1. The summed E-state index contributed by atoms with van der Waals surface area (Å²) in [5.74, 6) is 0.860. The predicted octanol–water partition coefficient (Wildman–Crippen LogP) is 5.18. The molecule has 1 atom stereocenters. The minimum atomic E-state index is 0.177. The lowest BCUT2D eigenvalue weighted by atomic mass is 9.82. The van der Waals surface area contributed by atoms with Crippen LogP contribution in [0.1, 0.15) is 41.5 Å². The lowest BCUT2D eigenvalue weighted by molar-refractivity contribution is 0.294. The average Bonchev–Trinajstić information content (AvgIpc) is 2.40. The number of thiophene rings is 1. The van der Waals surface area contributed by atoms with Crippen molar-refractivity contribution in [2.75, 3.05) is 0 Å². The molecule has 1 fully saturated rings. The molecular formula is C11H14Cl2S. The molecule has 1 aromatic heterocycles. The zero-order valence-corrected chi connectivity index (χ0v) is 10.6. The van der Waals surface area contributed by atoms with E-state index in [9.17, 15) is 0 Å². The fourth-order valence-electron chi connectivity index (χ4n) is 1.78. The Morgan fingerprint density at radius 2 is 2.29 bits per heavy atom. The van der Waals surface area contributed by atoms with Gasteiger partial charge in [0.05, 0.1) is 9.71 Å². The van der Waals surface area contributed by atoms with Gasteiger partial charge in [0.15, 0.2) is 0 Å². The number of rotatable bonds is 3. The third-order valence-electron chi connectivity index (χ3n) is 2.95. The van der Waals surface area contributed by atoms with E-state index in [1.54, 1.807) is 11.3 Å². The molecule has 0 aromatic carbocycles. The molecule has 0 N–H and O–H groups in total. The SMILES string of the molecule is Cc1cc(C(Cl)CC2CCC2)sc1Cl. The first-order valence-corrected chi connectivity index (χ1v) is 6.70. The van der Waals surface area contributed by atoms with Crippen LogP contribution in [0.3, 0.4) is 0 Å². The van der Waals surface area contributed by atoms with Crippen LogP contribution in [0.25, 0.3) is 0 Å². The molecular weight excluding hydrogens is 235 g/mol. The lowest BCUT2D eigenvalue weighted by Crippen LogP contribution is -2.12. The van der Waals surface area contributed by atoms with Gasteiger partial charge in [-0.3, -0.25) is 0 Å². The highest BCUT2D eigenvalue weighted by Gasteiger charge is 2.23. The molecule has 0 aliphatic heterocycles. The molecule has 0 bridgehead atoms. The van der Waals surface area contributed by atoms with Gasteiger partial charge >= 0.3 is 0 Å². The van der Waals surface area contributed by atoms with Crippen molar-refractivity contribution in [1.29, 1.82) is 0 Å². The van der Waals surface area contributed by atoms with Gasteiger partial charge in [0, 0.05) is 4.88 Å². The Balaban J connectivity index is 1.98. The highest BCUT2D eigenvalue weighted by Crippen LogP contribution is 2.41. The topological polar surface area (TPSA) is 0 Å². The second-order valence-electron chi connectivity index (χ2n) is 4.11. The molecule has 1 aromatic rings. The molecule has 0 nitrogen and oxygen atoms in total. The Hall–Kier alpha value is 0.280. The standard InChI is InChI=1S/C11H14Cl2S/c1-7-5-10(14-11(7)13)9(12)6-8-3-2-4-8/h5,8-9H,2-4,6H2,1H3. The van der Waals surface area contributed by atoms with E-state index in [4.69, 9.17) is 23.2 Å². The summed E-state index contributed by atoms with van der Waals surface area (Å²) in [6, 6.07) is 2.13. The van der Waals surface area contributed by atoms with Crippen LogP contribution in [-0.4, -0.2) is 0 Å². The van der Waals surface area contributed by atoms with E-state index in [2.05, 4.69) is 6.07 Å². The number of alkyl halides is 1. The number of hydrogen-bond acceptors (Lipinski definition) is 1. The quantitative estimate of drug-likeness (QED) is 0.647. The molecule has 1 aliphatic carbocycles. The summed E-state index contributed by atoms with van der Waals surface area (Å²) in [5, 5.41) is 0.177. The van der Waals surface area contributed by atoms with E-state index >= 15 is 0 Å². The summed E-state index contributed by atoms with van der Waals surface area (Å²) in [4.78, 5) is 1.24. The third kappa shape index (κ3) is 2.26. The number of halogens is 2. The van der Waals surface area contributed by atoms with E-state index < -0.39 is 0 Å². The van der Waals surface area contributed by atoms with Gasteiger partial charge in [-0.1, -0.05) is 30.9 Å². The number of hydrogen-bond donors (Lipinski definition) is 0. The van der Waals surface area contributed by atoms with Crippen molar-refractivity contribution < 1.29 is 0 Å². The van der Waals surface area contributed by atoms with Crippen LogP contribution in [0.5, 0.6) is 0 Å². The van der Waals surface area contributed by atoms with Crippen molar-refractivity contribution in [3.05, 3.63) is 20.8 Å². The molecule has 2 rings (SSSR count). The van der Waals surface area contributed by atoms with Gasteiger partial charge in [0.25, 0.3) is 0 Å². The van der Waals surface area contributed by atoms with E-state index in [1.807, 2.05) is 6.92 Å². The first-order chi connectivity index (χ1) is 6.66. The van der Waals surface area contributed by atoms with E-state index in [0.717, 1.165) is 22.2 Å². The molecule has 1 unspecified atom stereocenters. The summed E-state index contributed by atoms with van der Waals surface area (Å²) in [6.45, 7) is 2.04. The average molecular weight is 249 g/mol. The highest BCUT2D eigenvalue weighted by molar-refractivity contribution is 7.16. The van der Waals surface area contributed by atoms with Crippen LogP contribution in [-0.2, 0) is 0 Å². The first kappa shape index (κ1) is 10.8. The fraction of sp³-hybridized carbons (Fsp3) is 0.636. The maximum Gasteiger partial charge on any atom is 0.0960 e. The molecule has 0 saturated heterocycles. The van der Waals surface area contributed by atoms with Crippen LogP contribution in [0.2, 0.25) is 4.34 Å². The normalized spacial score (nSPS) is 19.4. The molecule has 3 heteroatoms. The molecule has 0 radical (unpaired) electrons. The van der Waals surface area contributed by atoms with Crippen LogP contribution in [0, 0.1) is 12.8 Å². The van der Waals surface area contributed by atoms with E-state index in [0.29, 0.717) is 0 Å². The fourth-order valence-corrected chi connectivity index (χ4v) is 3.43. The van der Waals surface area contributed by atoms with Gasteiger partial charge in [-0.05, 0) is 30.9 Å². The van der Waals surface area contributed by atoms with E-state index in [1.165, 1.54) is 24.1 Å². The Morgan fingerprint density at radius 1 is 1.57 bits per heavy atom. The van der Waals surface area contributed by atoms with Crippen molar-refractivity contribution in [3.8, 4) is 0 Å². The highest BCUT2D eigenvalue weighted by atomic mass is 35.5. The smallest absolute Gasteiger partial charge is 0.0960 e. The third-order valence-corrected chi connectivity index (χ3v) is 5.16. The zero-order valence-electron chi connectivity index (χ0n) is 8.22. The summed E-state index contributed by atoms with van der Waals surface area (Å²) < 4.78 is 0.888. The van der Waals surface area contributed by atoms with Crippen LogP contribution >= 0.6 is 34.5 Å². The maximum absolute atomic E-state index is 6.35. The molecule has 1 heterocycles. The predicted molar refractivity (Wildman–Crippen MR) is 64.6 cm³/mol. The summed E-state index contributed by atoms with van der Waals surface area (Å²) in [6.07, 6.45) is 5.24. The van der Waals surface area contributed by atoms with Crippen LogP contribution < -0.4 is 0 Å². The second-order valence-corrected chi connectivity index (χ2v) is 6.32. The molecule has 0 spiro atoms. The molecule has 0 amide bonds.